The van der Waals surface area contributed by atoms with E-state index in [2.05, 4.69) is 255 Å². The predicted molar refractivity (Wildman–Crippen MR) is 265 cm³/mol. The lowest BCUT2D eigenvalue weighted by Crippen LogP contribution is -2.16. The van der Waals surface area contributed by atoms with Crippen LogP contribution in [-0.4, -0.2) is 0 Å². The Labute approximate surface area is 364 Å². The smallest absolute Gasteiger partial charge is 0.0465 e. The molecule has 10 aromatic rings. The molecular weight excluding hydrogens is 747 g/mol. The summed E-state index contributed by atoms with van der Waals surface area (Å²) >= 11 is 0. The Bertz CT molecular complexity index is 3250. The van der Waals surface area contributed by atoms with Crippen LogP contribution in [0.25, 0.3) is 78.2 Å². The number of benzene rings is 10. The third kappa shape index (κ3) is 6.79. The van der Waals surface area contributed by atoms with Crippen molar-refractivity contribution in [1.29, 1.82) is 0 Å². The molecule has 1 nitrogen and oxygen atoms in total. The second-order valence-electron chi connectivity index (χ2n) is 17.0. The molecule has 0 radical (unpaired) electrons. The van der Waals surface area contributed by atoms with Crippen LogP contribution in [-0.2, 0) is 5.41 Å². The van der Waals surface area contributed by atoms with E-state index in [-0.39, 0.29) is 5.41 Å². The largest absolute Gasteiger partial charge is 0.310 e. The summed E-state index contributed by atoms with van der Waals surface area (Å²) in [5, 5.41) is 4.95. The Balaban J connectivity index is 0.878. The van der Waals surface area contributed by atoms with Crippen molar-refractivity contribution in [2.45, 2.75) is 19.3 Å². The normalized spacial score (nSPS) is 12.7. The van der Waals surface area contributed by atoms with Gasteiger partial charge in [-0.15, -0.1) is 0 Å². The van der Waals surface area contributed by atoms with E-state index < -0.39 is 0 Å². The van der Waals surface area contributed by atoms with Crippen molar-refractivity contribution in [3.63, 3.8) is 0 Å². The minimum absolute atomic E-state index is 0.152. The van der Waals surface area contributed by atoms with Gasteiger partial charge >= 0.3 is 0 Å². The first kappa shape index (κ1) is 37.3. The van der Waals surface area contributed by atoms with Gasteiger partial charge in [-0.2, -0.15) is 0 Å². The number of anilines is 3. The average Bonchev–Trinajstić information content (AvgIpc) is 3.55. The van der Waals surface area contributed by atoms with Crippen molar-refractivity contribution in [3.05, 3.63) is 247 Å². The number of hydrogen-bond acceptors (Lipinski definition) is 1. The van der Waals surface area contributed by atoms with Crippen LogP contribution in [0.1, 0.15) is 36.1 Å². The summed E-state index contributed by atoms with van der Waals surface area (Å²) in [5.41, 5.74) is 18.4. The topological polar surface area (TPSA) is 3.24 Å². The second kappa shape index (κ2) is 15.4. The lowest BCUT2D eigenvalue weighted by Gasteiger charge is -2.28. The van der Waals surface area contributed by atoms with E-state index >= 15 is 0 Å². The van der Waals surface area contributed by atoms with Gasteiger partial charge in [-0.05, 0) is 149 Å². The van der Waals surface area contributed by atoms with E-state index in [0.717, 1.165) is 17.1 Å². The van der Waals surface area contributed by atoms with Crippen LogP contribution in [0, 0.1) is 0 Å². The molecule has 1 aliphatic carbocycles. The van der Waals surface area contributed by atoms with E-state index in [1.807, 2.05) is 0 Å². The Hall–Kier alpha value is -7.74. The maximum Gasteiger partial charge on any atom is 0.0465 e. The van der Waals surface area contributed by atoms with Crippen LogP contribution < -0.4 is 4.90 Å². The maximum absolute atomic E-state index is 2.40. The molecule has 0 fully saturated rings. The van der Waals surface area contributed by atoms with E-state index in [9.17, 15) is 0 Å². The minimum atomic E-state index is -0.152. The molecule has 0 amide bonds. The lowest BCUT2D eigenvalue weighted by atomic mass is 9.81. The van der Waals surface area contributed by atoms with Crippen molar-refractivity contribution in [3.8, 4) is 44.5 Å². The summed E-state index contributed by atoms with van der Waals surface area (Å²) in [6.07, 6.45) is 4.51. The first-order chi connectivity index (χ1) is 30.5. The first-order valence-electron chi connectivity index (χ1n) is 21.6. The summed E-state index contributed by atoms with van der Waals surface area (Å²) in [6, 6.07) is 82.0. The van der Waals surface area contributed by atoms with Crippen LogP contribution in [0.2, 0.25) is 0 Å². The lowest BCUT2D eigenvalue weighted by molar-refractivity contribution is 0.660. The van der Waals surface area contributed by atoms with E-state index in [0.29, 0.717) is 0 Å². The Morgan fingerprint density at radius 3 is 1.42 bits per heavy atom. The quantitative estimate of drug-likeness (QED) is 0.139. The molecule has 0 spiro atoms. The van der Waals surface area contributed by atoms with Crippen molar-refractivity contribution < 1.29 is 0 Å². The standard InChI is InChI=1S/C61H45N/c1-61(2)59-37-43(25-34-55(59)56-35-33-54(41-60(56)61)62(52-18-8-4-9-19-52)53-20-10-5-11-21-53)23-22-42-24-26-50-38-51(32-31-49(50)36-42)58-40-48-17-13-12-16-47(48)39-57(58)46-29-27-45(28-30-46)44-14-6-3-7-15-44/h3-41H,1-2H3/b23-22+. The van der Waals surface area contributed by atoms with Crippen LogP contribution in [0.15, 0.2) is 224 Å². The van der Waals surface area contributed by atoms with Crippen LogP contribution in [0.5, 0.6) is 0 Å². The summed E-state index contributed by atoms with van der Waals surface area (Å²) in [7, 11) is 0. The molecule has 0 aliphatic heterocycles. The number of hydrogen-bond donors (Lipinski definition) is 0. The fraction of sp³-hybridized carbons (Fsp3) is 0.0492. The van der Waals surface area contributed by atoms with Gasteiger partial charge in [0, 0.05) is 22.5 Å². The second-order valence-corrected chi connectivity index (χ2v) is 17.0. The summed E-state index contributed by atoms with van der Waals surface area (Å²) < 4.78 is 0. The third-order valence-electron chi connectivity index (χ3n) is 12.8. The Morgan fingerprint density at radius 2 is 0.758 bits per heavy atom. The van der Waals surface area contributed by atoms with E-state index in [4.69, 9.17) is 0 Å². The first-order valence-corrected chi connectivity index (χ1v) is 21.6. The highest BCUT2D eigenvalue weighted by molar-refractivity contribution is 5.99. The van der Waals surface area contributed by atoms with Crippen molar-refractivity contribution in [2.75, 3.05) is 4.90 Å². The highest BCUT2D eigenvalue weighted by Gasteiger charge is 2.36. The molecule has 0 aromatic heterocycles. The number of fused-ring (bicyclic) bond motifs is 5. The minimum Gasteiger partial charge on any atom is -0.310 e. The summed E-state index contributed by atoms with van der Waals surface area (Å²) in [6.45, 7) is 4.73. The molecule has 1 heteroatoms. The monoisotopic (exact) mass is 791 g/mol. The predicted octanol–water partition coefficient (Wildman–Crippen LogP) is 16.9. The third-order valence-corrected chi connectivity index (χ3v) is 12.8. The van der Waals surface area contributed by atoms with Crippen LogP contribution in [0.4, 0.5) is 17.1 Å². The van der Waals surface area contributed by atoms with Gasteiger partial charge in [0.2, 0.25) is 0 Å². The molecule has 0 atom stereocenters. The van der Waals surface area contributed by atoms with Crippen LogP contribution in [0.3, 0.4) is 0 Å². The maximum atomic E-state index is 2.40. The molecule has 0 bridgehead atoms. The molecule has 11 rings (SSSR count). The Kier molecular flexibility index (Phi) is 9.24. The fourth-order valence-electron chi connectivity index (χ4n) is 9.51. The van der Waals surface area contributed by atoms with Gasteiger partial charge < -0.3 is 4.90 Å². The van der Waals surface area contributed by atoms with Gasteiger partial charge in [-0.3, -0.25) is 0 Å². The molecule has 62 heavy (non-hydrogen) atoms. The number of para-hydroxylation sites is 2. The average molecular weight is 792 g/mol. The molecule has 0 unspecified atom stereocenters. The Morgan fingerprint density at radius 1 is 0.306 bits per heavy atom. The van der Waals surface area contributed by atoms with Gasteiger partial charge in [-0.1, -0.05) is 190 Å². The zero-order valence-electron chi connectivity index (χ0n) is 35.0. The molecule has 0 saturated carbocycles. The summed E-state index contributed by atoms with van der Waals surface area (Å²) in [4.78, 5) is 2.35. The molecular formula is C61H45N. The van der Waals surface area contributed by atoms with Crippen molar-refractivity contribution in [1.82, 2.24) is 0 Å². The summed E-state index contributed by atoms with van der Waals surface area (Å²) in [5.74, 6) is 0. The zero-order valence-corrected chi connectivity index (χ0v) is 35.0. The molecule has 0 saturated heterocycles. The highest BCUT2D eigenvalue weighted by atomic mass is 15.1. The van der Waals surface area contributed by atoms with Gasteiger partial charge in [0.05, 0.1) is 0 Å². The number of nitrogens with zero attached hydrogens (tertiary/aromatic N) is 1. The van der Waals surface area contributed by atoms with E-state index in [1.165, 1.54) is 88.3 Å². The highest BCUT2D eigenvalue weighted by Crippen LogP contribution is 2.51. The van der Waals surface area contributed by atoms with Gasteiger partial charge in [0.15, 0.2) is 0 Å². The van der Waals surface area contributed by atoms with Gasteiger partial charge in [0.1, 0.15) is 0 Å². The fourth-order valence-corrected chi connectivity index (χ4v) is 9.51. The van der Waals surface area contributed by atoms with Crippen LogP contribution >= 0.6 is 0 Å². The van der Waals surface area contributed by atoms with Crippen molar-refractivity contribution >= 4 is 50.8 Å². The molecule has 1 aliphatic rings. The SMILES string of the molecule is CC1(C)c2cc(/C=C/c3ccc4cc(-c5cc6ccccc6cc5-c5ccc(-c6ccccc6)cc5)ccc4c3)ccc2-c2ccc(N(c3ccccc3)c3ccccc3)cc21. The number of rotatable bonds is 8. The molecule has 0 heterocycles. The van der Waals surface area contributed by atoms with Gasteiger partial charge in [-0.25, -0.2) is 0 Å². The molecule has 0 N–H and O–H groups in total. The molecule has 10 aromatic carbocycles. The zero-order chi connectivity index (χ0) is 41.6. The van der Waals surface area contributed by atoms with E-state index in [1.54, 1.807) is 0 Å². The van der Waals surface area contributed by atoms with Gasteiger partial charge in [0.25, 0.3) is 0 Å². The van der Waals surface area contributed by atoms with Crippen molar-refractivity contribution in [2.24, 2.45) is 0 Å². The molecule has 294 valence electrons.